The molecule has 0 aliphatic rings. The van der Waals surface area contributed by atoms with Gasteiger partial charge in [-0.3, -0.25) is 0 Å². The Morgan fingerprint density at radius 2 is 1.87 bits per heavy atom. The number of carboxylic acids is 1. The molecule has 0 saturated heterocycles. The third-order valence-electron chi connectivity index (χ3n) is 1.45. The van der Waals surface area contributed by atoms with E-state index in [2.05, 4.69) is 6.58 Å². The van der Waals surface area contributed by atoms with Crippen LogP contribution in [0.15, 0.2) is 48.7 Å². The van der Waals surface area contributed by atoms with Gasteiger partial charge in [0.1, 0.15) is 0 Å². The summed E-state index contributed by atoms with van der Waals surface area (Å²) in [6.07, 6.45) is 3.40. The van der Waals surface area contributed by atoms with E-state index in [1.54, 1.807) is 0 Å². The molecule has 80 valence electrons. The number of hydrogen-bond donors (Lipinski definition) is 2. The molecule has 1 aromatic carbocycles. The molecule has 0 saturated carbocycles. The van der Waals surface area contributed by atoms with Crippen molar-refractivity contribution >= 4 is 12.0 Å². The first-order valence-corrected chi connectivity index (χ1v) is 4.40. The summed E-state index contributed by atoms with van der Waals surface area (Å²) in [4.78, 5) is 9.60. The number of aliphatic carboxylic acids is 1. The van der Waals surface area contributed by atoms with E-state index >= 15 is 0 Å². The molecule has 3 heteroatoms. The summed E-state index contributed by atoms with van der Waals surface area (Å²) in [5.74, 6) is -0.935. The van der Waals surface area contributed by atoms with Gasteiger partial charge in [0, 0.05) is 5.57 Å². The highest BCUT2D eigenvalue weighted by molar-refractivity contribution is 5.84. The van der Waals surface area contributed by atoms with Crippen LogP contribution in [0.3, 0.4) is 0 Å². The third kappa shape index (κ3) is 7.07. The number of benzene rings is 1. The molecule has 3 N–H and O–H groups in total. The minimum Gasteiger partial charge on any atom is -0.478 e. The highest BCUT2D eigenvalue weighted by atomic mass is 16.4. The van der Waals surface area contributed by atoms with Crippen molar-refractivity contribution in [1.29, 1.82) is 0 Å². The van der Waals surface area contributed by atoms with Crippen molar-refractivity contribution in [2.45, 2.75) is 6.92 Å². The summed E-state index contributed by atoms with van der Waals surface area (Å²) in [7, 11) is 0. The molecule has 0 unspecified atom stereocenters. The van der Waals surface area contributed by atoms with Crippen molar-refractivity contribution in [3.05, 3.63) is 54.2 Å². The lowest BCUT2D eigenvalue weighted by Gasteiger charge is -1.86. The van der Waals surface area contributed by atoms with Crippen molar-refractivity contribution in [3.63, 3.8) is 0 Å². The Bertz CT molecular complexity index is 330. The van der Waals surface area contributed by atoms with Gasteiger partial charge in [-0.1, -0.05) is 36.9 Å². The normalized spacial score (nSPS) is 9.13. The Hall–Kier alpha value is -2.03. The van der Waals surface area contributed by atoms with E-state index in [4.69, 9.17) is 10.8 Å². The van der Waals surface area contributed by atoms with E-state index in [-0.39, 0.29) is 5.57 Å². The smallest absolute Gasteiger partial charge is 0.330 e. The number of carbonyl (C=O) groups is 1. The predicted molar refractivity (Wildman–Crippen MR) is 62.1 cm³/mol. The van der Waals surface area contributed by atoms with Crippen molar-refractivity contribution < 1.29 is 9.90 Å². The third-order valence-corrected chi connectivity index (χ3v) is 1.45. The first kappa shape index (κ1) is 13.0. The molecule has 1 rings (SSSR count). The highest BCUT2D eigenvalue weighted by Gasteiger charge is 1.90. The lowest BCUT2D eigenvalue weighted by Crippen LogP contribution is -1.92. The molecule has 3 nitrogen and oxygen atoms in total. The van der Waals surface area contributed by atoms with E-state index in [9.17, 15) is 4.79 Å². The van der Waals surface area contributed by atoms with Crippen LogP contribution in [0, 0.1) is 0 Å². The molecule has 0 atom stereocenters. The van der Waals surface area contributed by atoms with Gasteiger partial charge in [0.25, 0.3) is 0 Å². The van der Waals surface area contributed by atoms with Crippen molar-refractivity contribution in [2.24, 2.45) is 5.73 Å². The second-order valence-corrected chi connectivity index (χ2v) is 2.86. The first-order valence-electron chi connectivity index (χ1n) is 4.40. The largest absolute Gasteiger partial charge is 0.478 e. The van der Waals surface area contributed by atoms with Gasteiger partial charge in [0.05, 0.1) is 0 Å². The van der Waals surface area contributed by atoms with Crippen LogP contribution in [-0.4, -0.2) is 11.1 Å². The van der Waals surface area contributed by atoms with Gasteiger partial charge in [-0.2, -0.15) is 0 Å². The Balaban J connectivity index is 0.000000288. The highest BCUT2D eigenvalue weighted by Crippen LogP contribution is 1.98. The van der Waals surface area contributed by atoms with E-state index in [0.29, 0.717) is 0 Å². The topological polar surface area (TPSA) is 63.3 Å². The summed E-state index contributed by atoms with van der Waals surface area (Å²) in [6.45, 7) is 4.60. The van der Waals surface area contributed by atoms with Crippen LogP contribution in [0.4, 0.5) is 0 Å². The number of carboxylic acid groups (broad SMARTS) is 1. The maximum atomic E-state index is 9.60. The van der Waals surface area contributed by atoms with Crippen LogP contribution in [-0.2, 0) is 4.79 Å². The van der Waals surface area contributed by atoms with Gasteiger partial charge in [-0.25, -0.2) is 4.79 Å². The Labute approximate surface area is 89.5 Å². The molecule has 1 aromatic rings. The molecule has 0 amide bonds. The van der Waals surface area contributed by atoms with E-state index in [1.165, 1.54) is 13.1 Å². The SMILES string of the molecule is C=C(C)C(=O)O.NC=Cc1ccccc1. The van der Waals surface area contributed by atoms with Gasteiger partial charge in [0.2, 0.25) is 0 Å². The molecule has 0 radical (unpaired) electrons. The molecule has 0 spiro atoms. The van der Waals surface area contributed by atoms with Gasteiger partial charge < -0.3 is 10.8 Å². The lowest BCUT2D eigenvalue weighted by molar-refractivity contribution is -0.132. The molecule has 15 heavy (non-hydrogen) atoms. The molecule has 0 heterocycles. The Morgan fingerprint density at radius 1 is 1.40 bits per heavy atom. The maximum Gasteiger partial charge on any atom is 0.330 e. The molecule has 0 aromatic heterocycles. The van der Waals surface area contributed by atoms with Crippen LogP contribution in [0.1, 0.15) is 12.5 Å². The van der Waals surface area contributed by atoms with E-state index in [1.807, 2.05) is 36.4 Å². The fourth-order valence-corrected chi connectivity index (χ4v) is 0.675. The van der Waals surface area contributed by atoms with Crippen LogP contribution in [0.2, 0.25) is 0 Å². The second kappa shape index (κ2) is 7.38. The minimum absolute atomic E-state index is 0.176. The molecule has 0 fully saturated rings. The zero-order chi connectivity index (χ0) is 11.7. The molecule has 0 aliphatic carbocycles. The van der Waals surface area contributed by atoms with Crippen LogP contribution in [0.25, 0.3) is 6.08 Å². The van der Waals surface area contributed by atoms with Crippen LogP contribution >= 0.6 is 0 Å². The average Bonchev–Trinajstić information content (AvgIpc) is 2.20. The Kier molecular flexibility index (Phi) is 6.38. The molecule has 0 bridgehead atoms. The zero-order valence-corrected chi connectivity index (χ0v) is 8.68. The monoisotopic (exact) mass is 205 g/mol. The van der Waals surface area contributed by atoms with Crippen LogP contribution in [0.5, 0.6) is 0 Å². The molecule has 0 aliphatic heterocycles. The van der Waals surface area contributed by atoms with E-state index in [0.717, 1.165) is 5.56 Å². The fourth-order valence-electron chi connectivity index (χ4n) is 0.675. The van der Waals surface area contributed by atoms with Crippen LogP contribution < -0.4 is 5.73 Å². The second-order valence-electron chi connectivity index (χ2n) is 2.86. The van der Waals surface area contributed by atoms with Crippen molar-refractivity contribution in [1.82, 2.24) is 0 Å². The summed E-state index contributed by atoms with van der Waals surface area (Å²) in [5, 5.41) is 7.89. The van der Waals surface area contributed by atoms with Crippen molar-refractivity contribution in [3.8, 4) is 0 Å². The first-order chi connectivity index (χ1) is 7.07. The lowest BCUT2D eigenvalue weighted by atomic mass is 10.2. The van der Waals surface area contributed by atoms with Gasteiger partial charge in [-0.05, 0) is 24.8 Å². The standard InChI is InChI=1S/C8H9N.C4H6O2/c9-7-6-8-4-2-1-3-5-8;1-3(2)4(5)6/h1-7H,9H2;1H2,2H3,(H,5,6). The number of hydrogen-bond acceptors (Lipinski definition) is 2. The number of rotatable bonds is 2. The predicted octanol–water partition coefficient (Wildman–Crippen LogP) is 2.26. The Morgan fingerprint density at radius 3 is 2.20 bits per heavy atom. The molecular formula is C12H15NO2. The van der Waals surface area contributed by atoms with Gasteiger partial charge >= 0.3 is 5.97 Å². The maximum absolute atomic E-state index is 9.60. The summed E-state index contributed by atoms with van der Waals surface area (Å²) >= 11 is 0. The quantitative estimate of drug-likeness (QED) is 0.728. The van der Waals surface area contributed by atoms with Gasteiger partial charge in [-0.15, -0.1) is 0 Å². The molecular weight excluding hydrogens is 190 g/mol. The van der Waals surface area contributed by atoms with Gasteiger partial charge in [0.15, 0.2) is 0 Å². The fraction of sp³-hybridized carbons (Fsp3) is 0.0833. The van der Waals surface area contributed by atoms with E-state index < -0.39 is 5.97 Å². The zero-order valence-electron chi connectivity index (χ0n) is 8.68. The average molecular weight is 205 g/mol. The summed E-state index contributed by atoms with van der Waals surface area (Å²) in [6, 6.07) is 9.95. The minimum atomic E-state index is -0.935. The summed E-state index contributed by atoms with van der Waals surface area (Å²) in [5.41, 5.74) is 6.49. The summed E-state index contributed by atoms with van der Waals surface area (Å²) < 4.78 is 0. The number of nitrogens with two attached hydrogens (primary N) is 1. The van der Waals surface area contributed by atoms with Crippen molar-refractivity contribution in [2.75, 3.05) is 0 Å².